The minimum atomic E-state index is -1.25. The summed E-state index contributed by atoms with van der Waals surface area (Å²) in [5.41, 5.74) is 5.67. The number of nitrogens with one attached hydrogen (secondary N) is 1. The molecule has 0 saturated heterocycles. The molecule has 6 heteroatoms. The van der Waals surface area contributed by atoms with Crippen molar-refractivity contribution in [3.63, 3.8) is 0 Å². The van der Waals surface area contributed by atoms with Crippen LogP contribution in [-0.2, 0) is 9.59 Å². The Balaban J connectivity index is 2.52. The Hall–Kier alpha value is -1.14. The number of rotatable bonds is 4. The third kappa shape index (κ3) is 3.18. The van der Waals surface area contributed by atoms with E-state index in [0.29, 0.717) is 12.8 Å². The van der Waals surface area contributed by atoms with Crippen LogP contribution in [-0.4, -0.2) is 40.3 Å². The van der Waals surface area contributed by atoms with Gasteiger partial charge in [-0.25, -0.2) is 4.79 Å². The van der Waals surface area contributed by atoms with Gasteiger partial charge in [0.15, 0.2) is 6.04 Å². The first-order chi connectivity index (χ1) is 7.41. The second kappa shape index (κ2) is 5.27. The van der Waals surface area contributed by atoms with Crippen molar-refractivity contribution < 1.29 is 19.8 Å². The summed E-state index contributed by atoms with van der Waals surface area (Å²) >= 11 is 0. The molecule has 16 heavy (non-hydrogen) atoms. The predicted molar refractivity (Wildman–Crippen MR) is 56.6 cm³/mol. The number of nitrogens with two attached hydrogens (primary N) is 1. The minimum Gasteiger partial charge on any atom is -0.480 e. The molecule has 0 aromatic heterocycles. The van der Waals surface area contributed by atoms with Crippen molar-refractivity contribution >= 4 is 11.9 Å². The number of aliphatic hydroxyl groups excluding tert-OH is 1. The molecule has 1 rings (SSSR count). The molecule has 0 aliphatic heterocycles. The number of carbonyl (C=O) groups is 2. The van der Waals surface area contributed by atoms with Crippen LogP contribution in [0, 0.1) is 5.92 Å². The molecule has 6 nitrogen and oxygen atoms in total. The standard InChI is InChI=1S/C10H18N2O4/c1-5(13)8(10(15)16)12-9(14)6-2-3-7(11)4-6/h5-8,13H,2-4,11H2,1H3,(H,12,14)(H,15,16). The smallest absolute Gasteiger partial charge is 0.328 e. The van der Waals surface area contributed by atoms with Crippen molar-refractivity contribution in [2.45, 2.75) is 44.4 Å². The Morgan fingerprint density at radius 1 is 1.44 bits per heavy atom. The van der Waals surface area contributed by atoms with Crippen LogP contribution < -0.4 is 11.1 Å². The van der Waals surface area contributed by atoms with Gasteiger partial charge in [0.05, 0.1) is 6.10 Å². The SMILES string of the molecule is CC(O)C(NC(=O)C1CCC(N)C1)C(=O)O. The molecule has 0 aromatic rings. The Morgan fingerprint density at radius 3 is 2.44 bits per heavy atom. The number of aliphatic carboxylic acids is 1. The fourth-order valence-electron chi connectivity index (χ4n) is 1.91. The zero-order chi connectivity index (χ0) is 12.3. The normalized spacial score (nSPS) is 28.4. The molecule has 0 heterocycles. The minimum absolute atomic E-state index is 0.0191. The highest BCUT2D eigenvalue weighted by molar-refractivity contribution is 5.85. The van der Waals surface area contributed by atoms with E-state index in [0.717, 1.165) is 6.42 Å². The van der Waals surface area contributed by atoms with Crippen LogP contribution in [0.25, 0.3) is 0 Å². The molecule has 0 spiro atoms. The zero-order valence-electron chi connectivity index (χ0n) is 9.22. The maximum absolute atomic E-state index is 11.7. The highest BCUT2D eigenvalue weighted by atomic mass is 16.4. The lowest BCUT2D eigenvalue weighted by Crippen LogP contribution is -2.49. The first kappa shape index (κ1) is 12.9. The van der Waals surface area contributed by atoms with Crippen LogP contribution >= 0.6 is 0 Å². The van der Waals surface area contributed by atoms with E-state index in [9.17, 15) is 14.7 Å². The fourth-order valence-corrected chi connectivity index (χ4v) is 1.91. The molecule has 1 amide bonds. The van der Waals surface area contributed by atoms with Crippen LogP contribution in [0.3, 0.4) is 0 Å². The maximum Gasteiger partial charge on any atom is 0.328 e. The van der Waals surface area contributed by atoms with Gasteiger partial charge < -0.3 is 21.3 Å². The Labute approximate surface area is 93.8 Å². The number of hydrogen-bond donors (Lipinski definition) is 4. The first-order valence-corrected chi connectivity index (χ1v) is 5.38. The van der Waals surface area contributed by atoms with Gasteiger partial charge >= 0.3 is 5.97 Å². The van der Waals surface area contributed by atoms with Gasteiger partial charge in [0.2, 0.25) is 5.91 Å². The third-order valence-corrected chi connectivity index (χ3v) is 2.89. The molecule has 1 fully saturated rings. The van der Waals surface area contributed by atoms with Crippen molar-refractivity contribution in [1.82, 2.24) is 5.32 Å². The molecule has 1 saturated carbocycles. The van der Waals surface area contributed by atoms with Gasteiger partial charge in [-0.1, -0.05) is 0 Å². The summed E-state index contributed by atoms with van der Waals surface area (Å²) in [6.45, 7) is 1.33. The second-order valence-corrected chi connectivity index (χ2v) is 4.34. The summed E-state index contributed by atoms with van der Waals surface area (Å²) in [7, 11) is 0. The highest BCUT2D eigenvalue weighted by Gasteiger charge is 2.32. The molecule has 0 aromatic carbocycles. The molecule has 5 N–H and O–H groups in total. The number of aliphatic hydroxyl groups is 1. The van der Waals surface area contributed by atoms with Crippen LogP contribution in [0.1, 0.15) is 26.2 Å². The van der Waals surface area contributed by atoms with E-state index in [2.05, 4.69) is 5.32 Å². The molecule has 0 bridgehead atoms. The number of carboxylic acids is 1. The van der Waals surface area contributed by atoms with E-state index in [1.807, 2.05) is 0 Å². The van der Waals surface area contributed by atoms with Gasteiger partial charge in [-0.2, -0.15) is 0 Å². The summed E-state index contributed by atoms with van der Waals surface area (Å²) in [4.78, 5) is 22.4. The number of amides is 1. The van der Waals surface area contributed by atoms with Crippen LogP contribution in [0.2, 0.25) is 0 Å². The van der Waals surface area contributed by atoms with Gasteiger partial charge in [-0.05, 0) is 26.2 Å². The van der Waals surface area contributed by atoms with E-state index < -0.39 is 18.1 Å². The molecule has 92 valence electrons. The van der Waals surface area contributed by atoms with E-state index >= 15 is 0 Å². The average Bonchev–Trinajstić information content (AvgIpc) is 2.59. The quantitative estimate of drug-likeness (QED) is 0.498. The van der Waals surface area contributed by atoms with Gasteiger partial charge in [-0.15, -0.1) is 0 Å². The van der Waals surface area contributed by atoms with Crippen LogP contribution in [0.15, 0.2) is 0 Å². The average molecular weight is 230 g/mol. The van der Waals surface area contributed by atoms with Crippen molar-refractivity contribution in [3.05, 3.63) is 0 Å². The number of hydrogen-bond acceptors (Lipinski definition) is 4. The topological polar surface area (TPSA) is 113 Å². The molecular formula is C10H18N2O4. The summed E-state index contributed by atoms with van der Waals surface area (Å²) < 4.78 is 0. The fraction of sp³-hybridized carbons (Fsp3) is 0.800. The van der Waals surface area contributed by atoms with Crippen molar-refractivity contribution in [2.24, 2.45) is 11.7 Å². The van der Waals surface area contributed by atoms with Gasteiger partial charge in [-0.3, -0.25) is 4.79 Å². The van der Waals surface area contributed by atoms with Crippen molar-refractivity contribution in [2.75, 3.05) is 0 Å². The molecule has 0 radical (unpaired) electrons. The Kier molecular flexibility index (Phi) is 4.26. The van der Waals surface area contributed by atoms with Gasteiger partial charge in [0, 0.05) is 12.0 Å². The zero-order valence-corrected chi connectivity index (χ0v) is 9.22. The van der Waals surface area contributed by atoms with E-state index in [1.165, 1.54) is 6.92 Å². The van der Waals surface area contributed by atoms with Crippen molar-refractivity contribution in [3.8, 4) is 0 Å². The largest absolute Gasteiger partial charge is 0.480 e. The second-order valence-electron chi connectivity index (χ2n) is 4.34. The van der Waals surface area contributed by atoms with Crippen LogP contribution in [0.4, 0.5) is 0 Å². The van der Waals surface area contributed by atoms with E-state index in [-0.39, 0.29) is 17.9 Å². The van der Waals surface area contributed by atoms with E-state index in [1.54, 1.807) is 0 Å². The van der Waals surface area contributed by atoms with Crippen molar-refractivity contribution in [1.29, 1.82) is 0 Å². The monoisotopic (exact) mass is 230 g/mol. The summed E-state index contributed by atoms with van der Waals surface area (Å²) in [6, 6.07) is -1.23. The number of carboxylic acid groups (broad SMARTS) is 1. The third-order valence-electron chi connectivity index (χ3n) is 2.89. The summed E-state index contributed by atoms with van der Waals surface area (Å²) in [6.07, 6.45) is 0.929. The molecule has 4 unspecified atom stereocenters. The lowest BCUT2D eigenvalue weighted by Gasteiger charge is -2.19. The predicted octanol–water partition coefficient (Wildman–Crippen LogP) is -0.936. The molecule has 4 atom stereocenters. The molecule has 1 aliphatic rings. The van der Waals surface area contributed by atoms with Crippen LogP contribution in [0.5, 0.6) is 0 Å². The summed E-state index contributed by atoms with van der Waals surface area (Å²) in [5.74, 6) is -1.79. The van der Waals surface area contributed by atoms with E-state index in [4.69, 9.17) is 10.8 Å². The lowest BCUT2D eigenvalue weighted by atomic mass is 10.1. The Bertz CT molecular complexity index is 280. The maximum atomic E-state index is 11.7. The summed E-state index contributed by atoms with van der Waals surface area (Å²) in [5, 5.41) is 20.3. The molecule has 1 aliphatic carbocycles. The van der Waals surface area contributed by atoms with Gasteiger partial charge in [0.1, 0.15) is 0 Å². The lowest BCUT2D eigenvalue weighted by molar-refractivity contribution is -0.145. The molecular weight excluding hydrogens is 212 g/mol. The Morgan fingerprint density at radius 2 is 2.06 bits per heavy atom. The number of carbonyl (C=O) groups excluding carboxylic acids is 1. The highest BCUT2D eigenvalue weighted by Crippen LogP contribution is 2.24. The first-order valence-electron chi connectivity index (χ1n) is 5.38. The van der Waals surface area contributed by atoms with Gasteiger partial charge in [0.25, 0.3) is 0 Å².